The Kier molecular flexibility index (Phi) is 32.5. The molecule has 0 radical (unpaired) electrons. The Balaban J connectivity index is 2.18. The zero-order valence-electron chi connectivity index (χ0n) is 53.6. The molecule has 0 saturated carbocycles. The third-order valence-corrected chi connectivity index (χ3v) is 12.6. The molecule has 1 aromatic rings. The second-order valence-corrected chi connectivity index (χ2v) is 26.5. The number of nitrogens with one attached hydrogen (secondary N) is 3. The van der Waals surface area contributed by atoms with E-state index in [1.54, 1.807) is 61.1 Å². The highest BCUT2D eigenvalue weighted by Gasteiger charge is 2.29. The molecule has 21 nitrogen and oxygen atoms in total. The molecular weight excluding hydrogens is 1050 g/mol. The molecule has 1 heterocycles. The minimum Gasteiger partial charge on any atom is -0.444 e. The molecule has 472 valence electrons. The third kappa shape index (κ3) is 36.5. The van der Waals surface area contributed by atoms with E-state index in [1.165, 1.54) is 0 Å². The summed E-state index contributed by atoms with van der Waals surface area (Å²) in [5.41, 5.74) is 4.45. The summed E-state index contributed by atoms with van der Waals surface area (Å²) < 4.78 is 28.6. The third-order valence-electron chi connectivity index (χ3n) is 12.6. The standard InChI is InChI=1S/C61H112N10O11/c1-57(2,3)78-52(73)65-33-22-38-69(54(75)80-59(7,8)9)46-45-68(53(74)79-58(4,5)6)37-21-31-63-47-49-26-28-50(29-27-49)48-67-36-23-35-66(34-20-17-25-51(72)64-32-19-16-18-30-62)41-43-70(55(76)81-60(10,11)12)39-24-40-71(44-42-67)56(77)82-61(13,14)15/h26-29,63H,16-25,30-48,62H2,1-15H3,(H,64,72)(H,65,73). The fraction of sp³-hybridized carbons (Fsp3) is 0.803. The molecular formula is C61H112N10O11. The normalized spacial score (nSPS) is 15.0. The van der Waals surface area contributed by atoms with Crippen molar-refractivity contribution in [1.82, 2.24) is 45.3 Å². The molecule has 82 heavy (non-hydrogen) atoms. The summed E-state index contributed by atoms with van der Waals surface area (Å²) in [5, 5.41) is 9.31. The highest BCUT2D eigenvalue weighted by Crippen LogP contribution is 2.18. The van der Waals surface area contributed by atoms with E-state index in [4.69, 9.17) is 29.4 Å². The lowest BCUT2D eigenvalue weighted by atomic mass is 10.1. The number of ether oxygens (including phenoxy) is 5. The molecule has 0 unspecified atom stereocenters. The first-order chi connectivity index (χ1) is 38.2. The maximum Gasteiger partial charge on any atom is 0.410 e. The molecule has 0 aromatic heterocycles. The van der Waals surface area contributed by atoms with Gasteiger partial charge in [-0.15, -0.1) is 0 Å². The van der Waals surface area contributed by atoms with Gasteiger partial charge in [0.2, 0.25) is 5.91 Å². The molecule has 0 bridgehead atoms. The lowest BCUT2D eigenvalue weighted by Crippen LogP contribution is -2.46. The quantitative estimate of drug-likeness (QED) is 0.0528. The van der Waals surface area contributed by atoms with Crippen LogP contribution in [0.1, 0.15) is 179 Å². The topological polar surface area (TPSA) is 230 Å². The summed E-state index contributed by atoms with van der Waals surface area (Å²) in [4.78, 5) is 90.5. The number of unbranched alkanes of at least 4 members (excludes halogenated alkanes) is 3. The Morgan fingerprint density at radius 2 is 0.939 bits per heavy atom. The highest BCUT2D eigenvalue weighted by molar-refractivity contribution is 5.75. The zero-order valence-corrected chi connectivity index (χ0v) is 53.6. The number of rotatable bonds is 25. The maximum atomic E-state index is 13.7. The van der Waals surface area contributed by atoms with Gasteiger partial charge >= 0.3 is 30.5 Å². The summed E-state index contributed by atoms with van der Waals surface area (Å²) in [7, 11) is 0. The van der Waals surface area contributed by atoms with Crippen molar-refractivity contribution in [3.05, 3.63) is 35.4 Å². The van der Waals surface area contributed by atoms with Gasteiger partial charge in [-0.25, -0.2) is 24.0 Å². The van der Waals surface area contributed by atoms with E-state index < -0.39 is 46.3 Å². The van der Waals surface area contributed by atoms with Gasteiger partial charge in [-0.05, 0) is 199 Å². The second kappa shape index (κ2) is 36.6. The van der Waals surface area contributed by atoms with Crippen LogP contribution in [0.4, 0.5) is 24.0 Å². The van der Waals surface area contributed by atoms with Gasteiger partial charge in [0.15, 0.2) is 0 Å². The summed E-state index contributed by atoms with van der Waals surface area (Å²) in [6.07, 6.45) is 5.20. The molecule has 1 aliphatic rings. The Labute approximate surface area is 494 Å². The molecule has 0 spiro atoms. The van der Waals surface area contributed by atoms with Gasteiger partial charge in [0.1, 0.15) is 28.0 Å². The Bertz CT molecular complexity index is 2030. The van der Waals surface area contributed by atoms with Gasteiger partial charge in [0, 0.05) is 98.0 Å². The smallest absolute Gasteiger partial charge is 0.410 e. The average molecular weight is 1160 g/mol. The van der Waals surface area contributed by atoms with Crippen molar-refractivity contribution < 1.29 is 52.5 Å². The summed E-state index contributed by atoms with van der Waals surface area (Å²) in [6, 6.07) is 8.55. The van der Waals surface area contributed by atoms with Crippen molar-refractivity contribution in [1.29, 1.82) is 0 Å². The predicted octanol–water partition coefficient (Wildman–Crippen LogP) is 9.34. The van der Waals surface area contributed by atoms with Crippen LogP contribution in [0.3, 0.4) is 0 Å². The lowest BCUT2D eigenvalue weighted by Gasteiger charge is -2.33. The van der Waals surface area contributed by atoms with Crippen molar-refractivity contribution in [3.63, 3.8) is 0 Å². The fourth-order valence-corrected chi connectivity index (χ4v) is 8.63. The second-order valence-electron chi connectivity index (χ2n) is 26.5. The Hall–Kier alpha value is -5.12. The van der Waals surface area contributed by atoms with E-state index in [-0.39, 0.29) is 44.3 Å². The fourth-order valence-electron chi connectivity index (χ4n) is 8.63. The van der Waals surface area contributed by atoms with E-state index in [1.807, 2.05) is 62.3 Å². The number of alkyl carbamates (subject to hydrolysis) is 1. The van der Waals surface area contributed by atoms with Crippen LogP contribution < -0.4 is 21.7 Å². The van der Waals surface area contributed by atoms with Crippen molar-refractivity contribution in [3.8, 4) is 0 Å². The molecule has 1 aromatic carbocycles. The molecule has 21 heteroatoms. The number of nitrogens with two attached hydrogens (primary N) is 1. The molecule has 1 fully saturated rings. The number of carbonyl (C=O) groups is 6. The van der Waals surface area contributed by atoms with Gasteiger partial charge in [0.25, 0.3) is 0 Å². The number of amides is 6. The van der Waals surface area contributed by atoms with Crippen LogP contribution in [0, 0.1) is 0 Å². The molecule has 6 amide bonds. The number of hydrogen-bond donors (Lipinski definition) is 4. The van der Waals surface area contributed by atoms with Crippen LogP contribution in [-0.2, 0) is 41.6 Å². The molecule has 1 aliphatic heterocycles. The Morgan fingerprint density at radius 3 is 1.45 bits per heavy atom. The van der Waals surface area contributed by atoms with Gasteiger partial charge in [0.05, 0.1) is 0 Å². The predicted molar refractivity (Wildman–Crippen MR) is 324 cm³/mol. The zero-order chi connectivity index (χ0) is 61.6. The number of hydrogen-bond acceptors (Lipinski definition) is 15. The van der Waals surface area contributed by atoms with E-state index >= 15 is 0 Å². The monoisotopic (exact) mass is 1160 g/mol. The van der Waals surface area contributed by atoms with Crippen LogP contribution in [0.2, 0.25) is 0 Å². The first kappa shape index (κ1) is 73.0. The van der Waals surface area contributed by atoms with Crippen LogP contribution in [-0.4, -0.2) is 205 Å². The van der Waals surface area contributed by atoms with Gasteiger partial charge < -0.3 is 69.9 Å². The lowest BCUT2D eigenvalue weighted by molar-refractivity contribution is -0.121. The van der Waals surface area contributed by atoms with E-state index in [2.05, 4.69) is 50.0 Å². The minimum atomic E-state index is -0.728. The molecule has 1 saturated heterocycles. The van der Waals surface area contributed by atoms with E-state index in [0.717, 1.165) is 69.3 Å². The van der Waals surface area contributed by atoms with Crippen molar-refractivity contribution in [2.45, 2.75) is 209 Å². The summed E-state index contributed by atoms with van der Waals surface area (Å²) in [5.74, 6) is 0.0736. The van der Waals surface area contributed by atoms with Crippen LogP contribution in [0.5, 0.6) is 0 Å². The number of carbonyl (C=O) groups excluding carboxylic acids is 6. The van der Waals surface area contributed by atoms with Gasteiger partial charge in [-0.1, -0.05) is 30.7 Å². The molecule has 5 N–H and O–H groups in total. The number of benzene rings is 1. The first-order valence-corrected chi connectivity index (χ1v) is 30.3. The molecule has 0 aliphatic carbocycles. The van der Waals surface area contributed by atoms with Gasteiger partial charge in [-0.3, -0.25) is 9.69 Å². The van der Waals surface area contributed by atoms with Crippen molar-refractivity contribution >= 4 is 36.4 Å². The van der Waals surface area contributed by atoms with Crippen LogP contribution in [0.25, 0.3) is 0 Å². The average Bonchev–Trinajstić information content (AvgIpc) is 3.37. The SMILES string of the molecule is CC(C)(C)OC(=O)NCCCN(CCN(CCCNCc1ccc(CN2CCCN(CCCCC(=O)NCCCCCN)CCN(C(=O)OC(C)(C)C)CCCN(C(=O)OC(C)(C)C)CC2)cc1)C(=O)OC(C)(C)C)C(=O)OC(C)(C)C. The highest BCUT2D eigenvalue weighted by atomic mass is 16.6. The van der Waals surface area contributed by atoms with E-state index in [9.17, 15) is 28.8 Å². The largest absolute Gasteiger partial charge is 0.444 e. The van der Waals surface area contributed by atoms with Crippen LogP contribution >= 0.6 is 0 Å². The summed E-state index contributed by atoms with van der Waals surface area (Å²) in [6.45, 7) is 37.5. The molecule has 0 atom stereocenters. The minimum absolute atomic E-state index is 0.0736. The summed E-state index contributed by atoms with van der Waals surface area (Å²) >= 11 is 0. The number of nitrogens with zero attached hydrogens (tertiary/aromatic N) is 6. The van der Waals surface area contributed by atoms with Crippen molar-refractivity contribution in [2.24, 2.45) is 5.73 Å². The molecule has 2 rings (SSSR count). The Morgan fingerprint density at radius 1 is 0.476 bits per heavy atom. The van der Waals surface area contributed by atoms with E-state index in [0.29, 0.717) is 104 Å². The van der Waals surface area contributed by atoms with Crippen LogP contribution in [0.15, 0.2) is 24.3 Å². The van der Waals surface area contributed by atoms with Crippen molar-refractivity contribution in [2.75, 3.05) is 111 Å². The maximum absolute atomic E-state index is 13.7. The first-order valence-electron chi connectivity index (χ1n) is 30.3. The van der Waals surface area contributed by atoms with Gasteiger partial charge in [-0.2, -0.15) is 0 Å².